The molecule has 1 atom stereocenters. The lowest BCUT2D eigenvalue weighted by Gasteiger charge is -2.12. The van der Waals surface area contributed by atoms with Crippen molar-refractivity contribution in [3.8, 4) is 5.69 Å². The van der Waals surface area contributed by atoms with Gasteiger partial charge in [0.05, 0.1) is 27.4 Å². The number of benzene rings is 1. The molecule has 0 aliphatic heterocycles. The Morgan fingerprint density at radius 1 is 1.24 bits per heavy atom. The van der Waals surface area contributed by atoms with Crippen LogP contribution in [0.3, 0.4) is 0 Å². The van der Waals surface area contributed by atoms with Gasteiger partial charge >= 0.3 is 6.18 Å². The third kappa shape index (κ3) is 2.52. The van der Waals surface area contributed by atoms with E-state index in [1.165, 1.54) is 4.68 Å². The summed E-state index contributed by atoms with van der Waals surface area (Å²) in [5, 5.41) is 13.7. The van der Waals surface area contributed by atoms with Crippen molar-refractivity contribution in [2.24, 2.45) is 0 Å². The second-order valence-corrected chi connectivity index (χ2v) is 5.63. The average molecular weight is 337 g/mol. The predicted molar refractivity (Wildman–Crippen MR) is 71.9 cm³/mol. The second kappa shape index (κ2) is 4.90. The Morgan fingerprint density at radius 3 is 2.38 bits per heavy atom. The summed E-state index contributed by atoms with van der Waals surface area (Å²) in [7, 11) is 0. The van der Waals surface area contributed by atoms with Gasteiger partial charge in [-0.1, -0.05) is 23.2 Å². The van der Waals surface area contributed by atoms with Crippen LogP contribution in [-0.4, -0.2) is 14.9 Å². The van der Waals surface area contributed by atoms with Crippen LogP contribution in [0.5, 0.6) is 0 Å². The van der Waals surface area contributed by atoms with Gasteiger partial charge in [-0.15, -0.1) is 0 Å². The number of hydrogen-bond donors (Lipinski definition) is 1. The summed E-state index contributed by atoms with van der Waals surface area (Å²) in [6.07, 6.45) is -2.38. The Labute approximate surface area is 127 Å². The molecule has 8 heteroatoms. The zero-order valence-electron chi connectivity index (χ0n) is 10.5. The number of aromatic nitrogens is 2. The predicted octanol–water partition coefficient (Wildman–Crippen LogP) is 4.18. The third-order valence-electron chi connectivity index (χ3n) is 3.41. The van der Waals surface area contributed by atoms with Gasteiger partial charge in [-0.05, 0) is 25.0 Å². The minimum atomic E-state index is -4.52. The van der Waals surface area contributed by atoms with E-state index < -0.39 is 17.8 Å². The highest BCUT2D eigenvalue weighted by atomic mass is 35.5. The third-order valence-corrected chi connectivity index (χ3v) is 3.99. The SMILES string of the molecule is OC1CCc2nn(-c3c(Cl)cc(C(F)(F)F)cc3Cl)cc21. The van der Waals surface area contributed by atoms with Crippen LogP contribution < -0.4 is 0 Å². The molecule has 3 nitrogen and oxygen atoms in total. The van der Waals surface area contributed by atoms with Crippen LogP contribution in [0.1, 0.15) is 29.3 Å². The molecule has 1 N–H and O–H groups in total. The number of fused-ring (bicyclic) bond motifs is 1. The fourth-order valence-corrected chi connectivity index (χ4v) is 3.05. The standard InChI is InChI=1S/C13H9Cl2F3N2O/c14-8-3-6(13(16,17)18)4-9(15)12(8)20-5-7-10(19-20)1-2-11(7)21/h3-5,11,21H,1-2H2. The van der Waals surface area contributed by atoms with Gasteiger partial charge in [-0.2, -0.15) is 18.3 Å². The van der Waals surface area contributed by atoms with Gasteiger partial charge in [-0.25, -0.2) is 4.68 Å². The Hall–Kier alpha value is -1.24. The van der Waals surface area contributed by atoms with Crippen LogP contribution in [0.15, 0.2) is 18.3 Å². The molecule has 1 heterocycles. The minimum absolute atomic E-state index is 0.148. The molecule has 3 rings (SSSR count). The summed E-state index contributed by atoms with van der Waals surface area (Å²) in [4.78, 5) is 0. The van der Waals surface area contributed by atoms with E-state index in [-0.39, 0.29) is 15.7 Å². The molecule has 2 aromatic rings. The monoisotopic (exact) mass is 336 g/mol. The summed E-state index contributed by atoms with van der Waals surface area (Å²) < 4.78 is 39.4. The maximum absolute atomic E-state index is 12.7. The molecule has 0 saturated carbocycles. The first-order valence-corrected chi connectivity index (χ1v) is 6.86. The van der Waals surface area contributed by atoms with Crippen molar-refractivity contribution < 1.29 is 18.3 Å². The van der Waals surface area contributed by atoms with Gasteiger partial charge in [-0.3, -0.25) is 0 Å². The van der Waals surface area contributed by atoms with E-state index in [4.69, 9.17) is 23.2 Å². The highest BCUT2D eigenvalue weighted by Gasteiger charge is 2.32. The number of rotatable bonds is 1. The Bertz CT molecular complexity index is 689. The molecule has 21 heavy (non-hydrogen) atoms. The Kier molecular flexibility index (Phi) is 3.43. The van der Waals surface area contributed by atoms with E-state index in [1.54, 1.807) is 6.20 Å². The normalized spacial score (nSPS) is 18.1. The van der Waals surface area contributed by atoms with Crippen LogP contribution >= 0.6 is 23.2 Å². The Balaban J connectivity index is 2.09. The molecule has 1 aliphatic rings. The first-order valence-electron chi connectivity index (χ1n) is 6.10. The number of halogens is 5. The number of nitrogens with zero attached hydrogens (tertiary/aromatic N) is 2. The van der Waals surface area contributed by atoms with Gasteiger partial charge < -0.3 is 5.11 Å². The smallest absolute Gasteiger partial charge is 0.388 e. The van der Waals surface area contributed by atoms with Crippen molar-refractivity contribution >= 4 is 23.2 Å². The average Bonchev–Trinajstić information content (AvgIpc) is 2.90. The molecule has 1 aromatic heterocycles. The second-order valence-electron chi connectivity index (χ2n) is 4.82. The van der Waals surface area contributed by atoms with Crippen molar-refractivity contribution in [2.45, 2.75) is 25.1 Å². The molecular formula is C13H9Cl2F3N2O. The van der Waals surface area contributed by atoms with Crippen LogP contribution in [0.4, 0.5) is 13.2 Å². The van der Waals surface area contributed by atoms with Crippen molar-refractivity contribution in [3.05, 3.63) is 45.2 Å². The van der Waals surface area contributed by atoms with E-state index in [9.17, 15) is 18.3 Å². The number of aliphatic hydroxyl groups excluding tert-OH is 1. The summed E-state index contributed by atoms with van der Waals surface area (Å²) in [6, 6.07) is 1.62. The van der Waals surface area contributed by atoms with Crippen molar-refractivity contribution in [1.29, 1.82) is 0 Å². The van der Waals surface area contributed by atoms with Crippen molar-refractivity contribution in [3.63, 3.8) is 0 Å². The van der Waals surface area contributed by atoms with Crippen molar-refractivity contribution in [2.75, 3.05) is 0 Å². The van der Waals surface area contributed by atoms with Crippen LogP contribution in [0, 0.1) is 0 Å². The molecule has 0 saturated heterocycles. The summed E-state index contributed by atoms with van der Waals surface area (Å²) in [5.41, 5.74) is 0.616. The molecule has 0 radical (unpaired) electrons. The molecule has 1 unspecified atom stereocenters. The van der Waals surface area contributed by atoms with E-state index in [0.717, 1.165) is 12.1 Å². The van der Waals surface area contributed by atoms with Crippen molar-refractivity contribution in [1.82, 2.24) is 9.78 Å². The fraction of sp³-hybridized carbons (Fsp3) is 0.308. The quantitative estimate of drug-likeness (QED) is 0.848. The number of hydrogen-bond acceptors (Lipinski definition) is 2. The van der Waals surface area contributed by atoms with E-state index >= 15 is 0 Å². The summed E-state index contributed by atoms with van der Waals surface area (Å²) in [6.45, 7) is 0. The van der Waals surface area contributed by atoms with E-state index in [2.05, 4.69) is 5.10 Å². The topological polar surface area (TPSA) is 38.1 Å². The number of aryl methyl sites for hydroxylation is 1. The largest absolute Gasteiger partial charge is 0.416 e. The molecule has 0 amide bonds. The van der Waals surface area contributed by atoms with E-state index in [0.29, 0.717) is 24.1 Å². The van der Waals surface area contributed by atoms with Gasteiger partial charge in [0, 0.05) is 11.8 Å². The zero-order valence-corrected chi connectivity index (χ0v) is 12.0. The van der Waals surface area contributed by atoms with Gasteiger partial charge in [0.1, 0.15) is 5.69 Å². The van der Waals surface area contributed by atoms with Gasteiger partial charge in [0.15, 0.2) is 0 Å². The highest BCUT2D eigenvalue weighted by Crippen LogP contribution is 2.38. The lowest BCUT2D eigenvalue weighted by atomic mass is 10.2. The molecule has 1 aliphatic carbocycles. The molecule has 0 bridgehead atoms. The van der Waals surface area contributed by atoms with Crippen LogP contribution in [0.25, 0.3) is 5.69 Å². The molecule has 0 fully saturated rings. The zero-order chi connectivity index (χ0) is 15.4. The number of alkyl halides is 3. The van der Waals surface area contributed by atoms with Crippen LogP contribution in [0.2, 0.25) is 10.0 Å². The minimum Gasteiger partial charge on any atom is -0.388 e. The van der Waals surface area contributed by atoms with Crippen LogP contribution in [-0.2, 0) is 12.6 Å². The van der Waals surface area contributed by atoms with Gasteiger partial charge in [0.2, 0.25) is 0 Å². The highest BCUT2D eigenvalue weighted by molar-refractivity contribution is 6.37. The molecular weight excluding hydrogens is 328 g/mol. The van der Waals surface area contributed by atoms with Gasteiger partial charge in [0.25, 0.3) is 0 Å². The molecule has 1 aromatic carbocycles. The lowest BCUT2D eigenvalue weighted by Crippen LogP contribution is -2.07. The maximum atomic E-state index is 12.7. The lowest BCUT2D eigenvalue weighted by molar-refractivity contribution is -0.137. The summed E-state index contributed by atoms with van der Waals surface area (Å²) >= 11 is 11.9. The molecule has 0 spiro atoms. The first kappa shape index (κ1) is 14.7. The summed E-state index contributed by atoms with van der Waals surface area (Å²) in [5.74, 6) is 0. The fourth-order valence-electron chi connectivity index (χ4n) is 2.39. The maximum Gasteiger partial charge on any atom is 0.416 e. The number of aliphatic hydroxyl groups is 1. The first-order chi connectivity index (χ1) is 9.77. The molecule has 112 valence electrons. The van der Waals surface area contributed by atoms with E-state index in [1.807, 2.05) is 0 Å². The Morgan fingerprint density at radius 2 is 1.86 bits per heavy atom.